The Morgan fingerprint density at radius 3 is 2.64 bits per heavy atom. The molecule has 0 unspecified atom stereocenters. The SMILES string of the molecule is O=C(C=Cc1ccc2c(c1)OCO2)Nc1cc(C(F)(F)F)ccc1Cl. The lowest BCUT2D eigenvalue weighted by molar-refractivity contribution is -0.137. The zero-order valence-corrected chi connectivity index (χ0v) is 13.3. The van der Waals surface area contributed by atoms with Crippen molar-refractivity contribution in [3.63, 3.8) is 0 Å². The number of rotatable bonds is 3. The quantitative estimate of drug-likeness (QED) is 0.795. The molecule has 0 aromatic heterocycles. The van der Waals surface area contributed by atoms with Crippen molar-refractivity contribution in [2.75, 3.05) is 12.1 Å². The number of anilines is 1. The van der Waals surface area contributed by atoms with Crippen molar-refractivity contribution in [1.82, 2.24) is 0 Å². The Balaban J connectivity index is 1.72. The molecule has 130 valence electrons. The molecule has 0 radical (unpaired) electrons. The lowest BCUT2D eigenvalue weighted by Crippen LogP contribution is -2.11. The molecule has 0 bridgehead atoms. The molecule has 1 heterocycles. The van der Waals surface area contributed by atoms with E-state index in [1.807, 2.05) is 0 Å². The molecular formula is C17H11ClF3NO3. The Kier molecular flexibility index (Phi) is 4.59. The van der Waals surface area contributed by atoms with Gasteiger partial charge in [0, 0.05) is 6.08 Å². The highest BCUT2D eigenvalue weighted by Gasteiger charge is 2.31. The smallest absolute Gasteiger partial charge is 0.416 e. The first-order valence-electron chi connectivity index (χ1n) is 7.08. The van der Waals surface area contributed by atoms with Crippen LogP contribution in [-0.4, -0.2) is 12.7 Å². The largest absolute Gasteiger partial charge is 0.454 e. The van der Waals surface area contributed by atoms with Gasteiger partial charge in [-0.1, -0.05) is 17.7 Å². The summed E-state index contributed by atoms with van der Waals surface area (Å²) in [5, 5.41) is 2.34. The maximum atomic E-state index is 12.7. The molecule has 0 saturated carbocycles. The Labute approximate surface area is 145 Å². The van der Waals surface area contributed by atoms with Crippen molar-refractivity contribution in [3.05, 3.63) is 58.6 Å². The Bertz CT molecular complexity index is 850. The number of hydrogen-bond acceptors (Lipinski definition) is 3. The van der Waals surface area contributed by atoms with E-state index in [-0.39, 0.29) is 17.5 Å². The summed E-state index contributed by atoms with van der Waals surface area (Å²) in [5.74, 6) is 0.555. The van der Waals surface area contributed by atoms with Crippen LogP contribution in [0.15, 0.2) is 42.5 Å². The van der Waals surface area contributed by atoms with Gasteiger partial charge < -0.3 is 14.8 Å². The van der Waals surface area contributed by atoms with E-state index < -0.39 is 17.6 Å². The monoisotopic (exact) mass is 369 g/mol. The van der Waals surface area contributed by atoms with Crippen LogP contribution in [0.5, 0.6) is 11.5 Å². The average molecular weight is 370 g/mol. The summed E-state index contributed by atoms with van der Waals surface area (Å²) in [5.41, 5.74) is -0.335. The molecule has 1 aliphatic heterocycles. The number of carbonyl (C=O) groups is 1. The van der Waals surface area contributed by atoms with Gasteiger partial charge in [0.15, 0.2) is 11.5 Å². The van der Waals surface area contributed by atoms with Gasteiger partial charge in [0.05, 0.1) is 16.3 Å². The third-order valence-electron chi connectivity index (χ3n) is 3.38. The van der Waals surface area contributed by atoms with Crippen molar-refractivity contribution in [2.24, 2.45) is 0 Å². The third-order valence-corrected chi connectivity index (χ3v) is 3.70. The predicted octanol–water partition coefficient (Wildman–Crippen LogP) is 4.74. The second-order valence-corrected chi connectivity index (χ2v) is 5.53. The Hall–Kier alpha value is -2.67. The fourth-order valence-electron chi connectivity index (χ4n) is 2.16. The van der Waals surface area contributed by atoms with Crippen LogP contribution < -0.4 is 14.8 Å². The molecule has 0 spiro atoms. The summed E-state index contributed by atoms with van der Waals surface area (Å²) in [6, 6.07) is 7.82. The third kappa shape index (κ3) is 4.06. The van der Waals surface area contributed by atoms with Gasteiger partial charge in [-0.05, 0) is 42.0 Å². The number of halogens is 4. The van der Waals surface area contributed by atoms with Gasteiger partial charge >= 0.3 is 6.18 Å². The minimum Gasteiger partial charge on any atom is -0.454 e. The van der Waals surface area contributed by atoms with E-state index >= 15 is 0 Å². The molecule has 25 heavy (non-hydrogen) atoms. The van der Waals surface area contributed by atoms with E-state index in [1.54, 1.807) is 18.2 Å². The summed E-state index contributed by atoms with van der Waals surface area (Å²) in [6.45, 7) is 0.136. The summed E-state index contributed by atoms with van der Waals surface area (Å²) in [4.78, 5) is 11.9. The van der Waals surface area contributed by atoms with Gasteiger partial charge in [-0.15, -0.1) is 0 Å². The molecule has 2 aromatic rings. The maximum absolute atomic E-state index is 12.7. The van der Waals surface area contributed by atoms with E-state index in [1.165, 1.54) is 12.2 Å². The van der Waals surface area contributed by atoms with Crippen molar-refractivity contribution >= 4 is 29.3 Å². The van der Waals surface area contributed by atoms with Crippen LogP contribution in [0.3, 0.4) is 0 Å². The molecule has 3 rings (SSSR count). The summed E-state index contributed by atoms with van der Waals surface area (Å²) in [6.07, 6.45) is -1.83. The summed E-state index contributed by atoms with van der Waals surface area (Å²) < 4.78 is 48.6. The fourth-order valence-corrected chi connectivity index (χ4v) is 2.33. The van der Waals surface area contributed by atoms with E-state index in [0.29, 0.717) is 17.1 Å². The molecule has 1 aliphatic rings. The fraction of sp³-hybridized carbons (Fsp3) is 0.118. The number of ether oxygens (including phenoxy) is 2. The lowest BCUT2D eigenvalue weighted by atomic mass is 10.1. The highest BCUT2D eigenvalue weighted by molar-refractivity contribution is 6.33. The number of fused-ring (bicyclic) bond motifs is 1. The first kappa shape index (κ1) is 17.2. The van der Waals surface area contributed by atoms with E-state index in [9.17, 15) is 18.0 Å². The van der Waals surface area contributed by atoms with Gasteiger partial charge in [-0.2, -0.15) is 13.2 Å². The highest BCUT2D eigenvalue weighted by atomic mass is 35.5. The minimum absolute atomic E-state index is 0.0119. The minimum atomic E-state index is -4.52. The Morgan fingerprint density at radius 1 is 1.12 bits per heavy atom. The number of alkyl halides is 3. The highest BCUT2D eigenvalue weighted by Crippen LogP contribution is 2.34. The molecule has 4 nitrogen and oxygen atoms in total. The van der Waals surface area contributed by atoms with Gasteiger partial charge in [0.1, 0.15) is 0 Å². The summed E-state index contributed by atoms with van der Waals surface area (Å²) in [7, 11) is 0. The molecule has 0 saturated heterocycles. The van der Waals surface area contributed by atoms with Crippen LogP contribution in [-0.2, 0) is 11.0 Å². The number of benzene rings is 2. The second kappa shape index (κ2) is 6.68. The van der Waals surface area contributed by atoms with E-state index in [0.717, 1.165) is 18.2 Å². The number of nitrogens with one attached hydrogen (secondary N) is 1. The topological polar surface area (TPSA) is 47.6 Å². The van der Waals surface area contributed by atoms with Crippen molar-refractivity contribution in [3.8, 4) is 11.5 Å². The molecular weight excluding hydrogens is 359 g/mol. The van der Waals surface area contributed by atoms with Crippen LogP contribution in [0, 0.1) is 0 Å². The normalized spacial score (nSPS) is 13.3. The Morgan fingerprint density at radius 2 is 1.88 bits per heavy atom. The zero-order chi connectivity index (χ0) is 18.0. The van der Waals surface area contributed by atoms with E-state index in [4.69, 9.17) is 21.1 Å². The van der Waals surface area contributed by atoms with Crippen LogP contribution in [0.25, 0.3) is 6.08 Å². The van der Waals surface area contributed by atoms with Crippen molar-refractivity contribution in [1.29, 1.82) is 0 Å². The van der Waals surface area contributed by atoms with Crippen LogP contribution in [0.1, 0.15) is 11.1 Å². The molecule has 8 heteroatoms. The predicted molar refractivity (Wildman–Crippen MR) is 86.7 cm³/mol. The van der Waals surface area contributed by atoms with Gasteiger partial charge in [0.25, 0.3) is 0 Å². The molecule has 0 aliphatic carbocycles. The first-order valence-corrected chi connectivity index (χ1v) is 7.46. The van der Waals surface area contributed by atoms with E-state index in [2.05, 4.69) is 5.32 Å². The van der Waals surface area contributed by atoms with Gasteiger partial charge in [-0.3, -0.25) is 4.79 Å². The van der Waals surface area contributed by atoms with Crippen molar-refractivity contribution < 1.29 is 27.4 Å². The van der Waals surface area contributed by atoms with Crippen LogP contribution in [0.4, 0.5) is 18.9 Å². The molecule has 1 N–H and O–H groups in total. The van der Waals surface area contributed by atoms with Crippen molar-refractivity contribution in [2.45, 2.75) is 6.18 Å². The standard InChI is InChI=1S/C17H11ClF3NO3/c18-12-4-3-11(17(19,20)21)8-13(12)22-16(23)6-2-10-1-5-14-15(7-10)25-9-24-14/h1-8H,9H2,(H,22,23). The number of hydrogen-bond donors (Lipinski definition) is 1. The summed E-state index contributed by atoms with van der Waals surface area (Å²) >= 11 is 5.83. The second-order valence-electron chi connectivity index (χ2n) is 5.13. The number of amides is 1. The van der Waals surface area contributed by atoms with Gasteiger partial charge in [0.2, 0.25) is 12.7 Å². The van der Waals surface area contributed by atoms with Gasteiger partial charge in [-0.25, -0.2) is 0 Å². The average Bonchev–Trinajstić information content (AvgIpc) is 3.01. The zero-order valence-electron chi connectivity index (χ0n) is 12.6. The molecule has 0 fully saturated rings. The molecule has 0 atom stereocenters. The first-order chi connectivity index (χ1) is 11.8. The number of carbonyl (C=O) groups excluding carboxylic acids is 1. The van der Waals surface area contributed by atoms with Crippen LogP contribution >= 0.6 is 11.6 Å². The lowest BCUT2D eigenvalue weighted by Gasteiger charge is -2.10. The molecule has 1 amide bonds. The maximum Gasteiger partial charge on any atom is 0.416 e. The van der Waals surface area contributed by atoms with Crippen LogP contribution in [0.2, 0.25) is 5.02 Å². The molecule has 2 aromatic carbocycles.